The van der Waals surface area contributed by atoms with E-state index in [1.165, 1.54) is 0 Å². The van der Waals surface area contributed by atoms with Crippen molar-refractivity contribution in [3.8, 4) is 6.07 Å². The van der Waals surface area contributed by atoms with Gasteiger partial charge in [-0.05, 0) is 38.5 Å². The van der Waals surface area contributed by atoms with Crippen molar-refractivity contribution in [3.05, 3.63) is 35.4 Å². The van der Waals surface area contributed by atoms with Crippen LogP contribution in [0, 0.1) is 17.2 Å². The molecule has 5 nitrogen and oxygen atoms in total. The van der Waals surface area contributed by atoms with E-state index in [0.29, 0.717) is 24.2 Å². The average molecular weight is 302 g/mol. The normalized spacial score (nSPS) is 17.4. The van der Waals surface area contributed by atoms with Gasteiger partial charge in [-0.1, -0.05) is 12.1 Å². The third kappa shape index (κ3) is 3.85. The van der Waals surface area contributed by atoms with Crippen LogP contribution in [0.2, 0.25) is 0 Å². The average Bonchev–Trinajstić information content (AvgIpc) is 2.41. The first-order chi connectivity index (χ1) is 10.3. The fraction of sp³-hybridized carbons (Fsp3) is 0.529. The summed E-state index contributed by atoms with van der Waals surface area (Å²) in [7, 11) is 0. The molecule has 1 atom stereocenters. The van der Waals surface area contributed by atoms with Crippen molar-refractivity contribution < 1.29 is 14.6 Å². The van der Waals surface area contributed by atoms with Gasteiger partial charge in [0.1, 0.15) is 12.7 Å². The Morgan fingerprint density at radius 2 is 2.00 bits per heavy atom. The van der Waals surface area contributed by atoms with Gasteiger partial charge in [-0.15, -0.1) is 0 Å². The highest BCUT2D eigenvalue weighted by Crippen LogP contribution is 2.26. The van der Waals surface area contributed by atoms with Crippen LogP contribution in [0.4, 0.5) is 0 Å². The zero-order valence-electron chi connectivity index (χ0n) is 13.2. The molecule has 0 radical (unpaired) electrons. The number of esters is 1. The van der Waals surface area contributed by atoms with Gasteiger partial charge in [0, 0.05) is 18.6 Å². The minimum atomic E-state index is -0.865. The van der Waals surface area contributed by atoms with E-state index in [4.69, 9.17) is 10.00 Å². The topological polar surface area (TPSA) is 73.6 Å². The van der Waals surface area contributed by atoms with Crippen LogP contribution in [0.25, 0.3) is 0 Å². The Kier molecular flexibility index (Phi) is 4.84. The lowest BCUT2D eigenvalue weighted by molar-refractivity contribution is -0.160. The maximum absolute atomic E-state index is 11.9. The lowest BCUT2D eigenvalue weighted by Crippen LogP contribution is -2.58. The maximum Gasteiger partial charge on any atom is 0.311 e. The third-order valence-corrected chi connectivity index (χ3v) is 3.97. The van der Waals surface area contributed by atoms with Crippen molar-refractivity contribution in [1.82, 2.24) is 4.90 Å². The summed E-state index contributed by atoms with van der Waals surface area (Å²) < 4.78 is 5.20. The molecule has 1 aromatic rings. The van der Waals surface area contributed by atoms with Crippen molar-refractivity contribution in [3.63, 3.8) is 0 Å². The number of ether oxygens (including phenoxy) is 1. The molecule has 1 heterocycles. The number of nitriles is 1. The zero-order chi connectivity index (χ0) is 16.3. The first-order valence-electron chi connectivity index (χ1n) is 7.41. The van der Waals surface area contributed by atoms with Gasteiger partial charge in [0.05, 0.1) is 17.6 Å². The summed E-state index contributed by atoms with van der Waals surface area (Å²) >= 11 is 0. The minimum absolute atomic E-state index is 0.0588. The molecule has 5 heteroatoms. The summed E-state index contributed by atoms with van der Waals surface area (Å²) in [6, 6.07) is 8.62. The molecule has 0 saturated carbocycles. The Labute approximate surface area is 131 Å². The highest BCUT2D eigenvalue weighted by Gasteiger charge is 2.39. The van der Waals surface area contributed by atoms with E-state index in [1.54, 1.807) is 24.3 Å². The van der Waals surface area contributed by atoms with Gasteiger partial charge in [0.15, 0.2) is 0 Å². The molecule has 0 bridgehead atoms. The Morgan fingerprint density at radius 3 is 2.50 bits per heavy atom. The van der Waals surface area contributed by atoms with E-state index in [1.807, 2.05) is 6.07 Å². The molecule has 1 unspecified atom stereocenters. The number of aliphatic hydroxyl groups excluding tert-OH is 1. The summed E-state index contributed by atoms with van der Waals surface area (Å²) in [6.07, 6.45) is -0.865. The number of rotatable bonds is 4. The van der Waals surface area contributed by atoms with Crippen LogP contribution in [-0.2, 0) is 9.53 Å². The summed E-state index contributed by atoms with van der Waals surface area (Å²) in [4.78, 5) is 14.1. The molecular weight excluding hydrogens is 280 g/mol. The van der Waals surface area contributed by atoms with Gasteiger partial charge < -0.3 is 9.84 Å². The predicted octanol–water partition coefficient (Wildman–Crippen LogP) is 1.87. The zero-order valence-corrected chi connectivity index (χ0v) is 13.2. The fourth-order valence-corrected chi connectivity index (χ4v) is 2.33. The second-order valence-electron chi connectivity index (χ2n) is 6.65. The second kappa shape index (κ2) is 6.47. The first kappa shape index (κ1) is 16.5. The Balaban J connectivity index is 1.78. The molecule has 22 heavy (non-hydrogen) atoms. The molecule has 1 aromatic carbocycles. The molecule has 118 valence electrons. The molecule has 2 rings (SSSR count). The number of hydrogen-bond acceptors (Lipinski definition) is 5. The lowest BCUT2D eigenvalue weighted by Gasteiger charge is -2.46. The third-order valence-electron chi connectivity index (χ3n) is 3.97. The maximum atomic E-state index is 11.9. The molecule has 1 N–H and O–H groups in total. The smallest absolute Gasteiger partial charge is 0.311 e. The second-order valence-corrected chi connectivity index (χ2v) is 6.65. The van der Waals surface area contributed by atoms with Gasteiger partial charge >= 0.3 is 5.97 Å². The van der Waals surface area contributed by atoms with Gasteiger partial charge in [-0.25, -0.2) is 0 Å². The SMILES string of the molecule is CC(C)(C)N1CC(C(=O)OCC(O)c2ccc(C#N)cc2)C1. The van der Waals surface area contributed by atoms with Gasteiger partial charge in [-0.2, -0.15) is 5.26 Å². The van der Waals surface area contributed by atoms with Gasteiger partial charge in [0.2, 0.25) is 0 Å². The van der Waals surface area contributed by atoms with Crippen LogP contribution in [0.15, 0.2) is 24.3 Å². The van der Waals surface area contributed by atoms with E-state index in [9.17, 15) is 9.90 Å². The summed E-state index contributed by atoms with van der Waals surface area (Å²) in [5.41, 5.74) is 1.24. The number of hydrogen-bond donors (Lipinski definition) is 1. The highest BCUT2D eigenvalue weighted by atomic mass is 16.5. The van der Waals surface area contributed by atoms with Crippen LogP contribution < -0.4 is 0 Å². The quantitative estimate of drug-likeness (QED) is 0.859. The fourth-order valence-electron chi connectivity index (χ4n) is 2.33. The minimum Gasteiger partial charge on any atom is -0.462 e. The van der Waals surface area contributed by atoms with Crippen LogP contribution >= 0.6 is 0 Å². The molecule has 1 fully saturated rings. The monoisotopic (exact) mass is 302 g/mol. The van der Waals surface area contributed by atoms with Crippen LogP contribution in [-0.4, -0.2) is 41.2 Å². The number of carbonyl (C=O) groups is 1. The number of aliphatic hydroxyl groups is 1. The van der Waals surface area contributed by atoms with Crippen molar-refractivity contribution >= 4 is 5.97 Å². The van der Waals surface area contributed by atoms with E-state index in [0.717, 1.165) is 0 Å². The Hall–Kier alpha value is -1.90. The molecule has 0 aromatic heterocycles. The summed E-state index contributed by atoms with van der Waals surface area (Å²) in [5, 5.41) is 18.7. The van der Waals surface area contributed by atoms with Crippen LogP contribution in [0.3, 0.4) is 0 Å². The standard InChI is InChI=1S/C17H22N2O3/c1-17(2,3)19-9-14(10-19)16(21)22-11-15(20)13-6-4-12(8-18)5-7-13/h4-7,14-15,20H,9-11H2,1-3H3. The van der Waals surface area contributed by atoms with Gasteiger partial charge in [-0.3, -0.25) is 9.69 Å². The summed E-state index contributed by atoms with van der Waals surface area (Å²) in [6.45, 7) is 7.69. The molecule has 0 spiro atoms. The first-order valence-corrected chi connectivity index (χ1v) is 7.41. The van der Waals surface area contributed by atoms with Crippen molar-refractivity contribution in [2.45, 2.75) is 32.4 Å². The Bertz CT molecular complexity index is 563. The van der Waals surface area contributed by atoms with Gasteiger partial charge in [0.25, 0.3) is 0 Å². The number of benzene rings is 1. The highest BCUT2D eigenvalue weighted by molar-refractivity contribution is 5.74. The Morgan fingerprint density at radius 1 is 1.41 bits per heavy atom. The van der Waals surface area contributed by atoms with E-state index < -0.39 is 6.10 Å². The van der Waals surface area contributed by atoms with Crippen molar-refractivity contribution in [1.29, 1.82) is 5.26 Å². The predicted molar refractivity (Wildman–Crippen MR) is 81.9 cm³/mol. The number of likely N-dealkylation sites (tertiary alicyclic amines) is 1. The van der Waals surface area contributed by atoms with Crippen molar-refractivity contribution in [2.75, 3.05) is 19.7 Å². The van der Waals surface area contributed by atoms with Crippen LogP contribution in [0.1, 0.15) is 38.0 Å². The molecule has 1 saturated heterocycles. The molecule has 1 aliphatic heterocycles. The lowest BCUT2D eigenvalue weighted by atomic mass is 9.92. The number of nitrogens with zero attached hydrogens (tertiary/aromatic N) is 2. The largest absolute Gasteiger partial charge is 0.462 e. The van der Waals surface area contributed by atoms with Crippen molar-refractivity contribution in [2.24, 2.45) is 5.92 Å². The van der Waals surface area contributed by atoms with E-state index in [2.05, 4.69) is 25.7 Å². The molecule has 1 aliphatic rings. The van der Waals surface area contributed by atoms with Crippen LogP contribution in [0.5, 0.6) is 0 Å². The summed E-state index contributed by atoms with van der Waals surface area (Å²) in [5.74, 6) is -0.361. The molecule has 0 amide bonds. The van der Waals surface area contributed by atoms with E-state index >= 15 is 0 Å². The molecular formula is C17H22N2O3. The number of carbonyl (C=O) groups excluding carboxylic acids is 1. The molecule has 0 aliphatic carbocycles. The van der Waals surface area contributed by atoms with E-state index in [-0.39, 0.29) is 24.0 Å².